The molecule has 0 saturated carbocycles. The van der Waals surface area contributed by atoms with Gasteiger partial charge in [-0.05, 0) is 48.0 Å². The predicted molar refractivity (Wildman–Crippen MR) is 107 cm³/mol. The summed E-state index contributed by atoms with van der Waals surface area (Å²) >= 11 is 0. The number of hydrogen-bond acceptors (Lipinski definition) is 4. The standard InChI is InChI=1S/C23H20O4/c1-24-17-10-8-15(9-11-17)23-22(20-6-4-5-7-21(20)27-23)16-12-18(25-2)14-19(13-16)26-3/h4-14H,1-3H3. The third kappa shape index (κ3) is 3.10. The summed E-state index contributed by atoms with van der Waals surface area (Å²) in [5.74, 6) is 3.07. The minimum Gasteiger partial charge on any atom is -0.497 e. The first-order chi connectivity index (χ1) is 13.2. The number of fused-ring (bicyclic) bond motifs is 1. The Morgan fingerprint density at radius 1 is 0.630 bits per heavy atom. The first-order valence-electron chi connectivity index (χ1n) is 8.63. The van der Waals surface area contributed by atoms with E-state index in [4.69, 9.17) is 18.6 Å². The first-order valence-corrected chi connectivity index (χ1v) is 8.63. The van der Waals surface area contributed by atoms with E-state index >= 15 is 0 Å². The highest BCUT2D eigenvalue weighted by Gasteiger charge is 2.19. The number of ether oxygens (including phenoxy) is 3. The highest BCUT2D eigenvalue weighted by Crippen LogP contribution is 2.43. The molecule has 1 heterocycles. The fourth-order valence-electron chi connectivity index (χ4n) is 3.23. The second-order valence-electron chi connectivity index (χ2n) is 6.13. The molecule has 3 aromatic carbocycles. The van der Waals surface area contributed by atoms with Gasteiger partial charge in [-0.15, -0.1) is 0 Å². The van der Waals surface area contributed by atoms with Gasteiger partial charge in [0.1, 0.15) is 28.6 Å². The normalized spacial score (nSPS) is 10.8. The molecular formula is C23H20O4. The summed E-state index contributed by atoms with van der Waals surface area (Å²) in [6, 6.07) is 21.7. The zero-order chi connectivity index (χ0) is 18.8. The van der Waals surface area contributed by atoms with Gasteiger partial charge in [0.05, 0.1) is 21.3 Å². The van der Waals surface area contributed by atoms with Crippen LogP contribution in [0.4, 0.5) is 0 Å². The second-order valence-corrected chi connectivity index (χ2v) is 6.13. The molecule has 1 aromatic heterocycles. The molecule has 0 N–H and O–H groups in total. The van der Waals surface area contributed by atoms with Crippen molar-refractivity contribution in [1.82, 2.24) is 0 Å². The van der Waals surface area contributed by atoms with Crippen LogP contribution in [-0.4, -0.2) is 21.3 Å². The number of rotatable bonds is 5. The maximum Gasteiger partial charge on any atom is 0.143 e. The fourth-order valence-corrected chi connectivity index (χ4v) is 3.23. The third-order valence-electron chi connectivity index (χ3n) is 4.59. The Kier molecular flexibility index (Phi) is 4.47. The Labute approximate surface area is 157 Å². The molecule has 0 aliphatic carbocycles. The zero-order valence-corrected chi connectivity index (χ0v) is 15.5. The Hall–Kier alpha value is -3.40. The van der Waals surface area contributed by atoms with Gasteiger partial charge in [0.15, 0.2) is 0 Å². The first kappa shape index (κ1) is 17.0. The van der Waals surface area contributed by atoms with Crippen LogP contribution in [0.5, 0.6) is 17.2 Å². The molecule has 136 valence electrons. The molecule has 0 aliphatic heterocycles. The average Bonchev–Trinajstić information content (AvgIpc) is 3.13. The van der Waals surface area contributed by atoms with Gasteiger partial charge < -0.3 is 18.6 Å². The molecule has 0 aliphatic rings. The van der Waals surface area contributed by atoms with Crippen LogP contribution in [0.3, 0.4) is 0 Å². The van der Waals surface area contributed by atoms with Gasteiger partial charge in [-0.3, -0.25) is 0 Å². The number of furan rings is 1. The largest absolute Gasteiger partial charge is 0.497 e. The van der Waals surface area contributed by atoms with Crippen molar-refractivity contribution in [2.45, 2.75) is 0 Å². The molecule has 4 rings (SSSR count). The number of para-hydroxylation sites is 1. The molecule has 0 saturated heterocycles. The van der Waals surface area contributed by atoms with E-state index in [2.05, 4.69) is 6.07 Å². The van der Waals surface area contributed by atoms with Gasteiger partial charge in [-0.2, -0.15) is 0 Å². The van der Waals surface area contributed by atoms with E-state index in [-0.39, 0.29) is 0 Å². The minimum atomic E-state index is 0.732. The van der Waals surface area contributed by atoms with E-state index in [0.717, 1.165) is 50.7 Å². The summed E-state index contributed by atoms with van der Waals surface area (Å²) in [6.45, 7) is 0. The van der Waals surface area contributed by atoms with Gasteiger partial charge >= 0.3 is 0 Å². The van der Waals surface area contributed by atoms with E-state index in [9.17, 15) is 0 Å². The number of hydrogen-bond donors (Lipinski definition) is 0. The summed E-state index contributed by atoms with van der Waals surface area (Å²) in [7, 11) is 4.96. The Bertz CT molecular complexity index is 1060. The number of methoxy groups -OCH3 is 3. The molecular weight excluding hydrogens is 340 g/mol. The highest BCUT2D eigenvalue weighted by molar-refractivity contribution is 6.02. The maximum absolute atomic E-state index is 6.24. The molecule has 0 spiro atoms. The van der Waals surface area contributed by atoms with Crippen molar-refractivity contribution >= 4 is 11.0 Å². The summed E-state index contributed by atoms with van der Waals surface area (Å²) in [5.41, 5.74) is 3.79. The molecule has 4 nitrogen and oxygen atoms in total. The van der Waals surface area contributed by atoms with Crippen LogP contribution in [0.2, 0.25) is 0 Å². The quantitative estimate of drug-likeness (QED) is 0.451. The van der Waals surface area contributed by atoms with Gasteiger partial charge in [-0.25, -0.2) is 0 Å². The van der Waals surface area contributed by atoms with Crippen LogP contribution >= 0.6 is 0 Å². The van der Waals surface area contributed by atoms with Gasteiger partial charge in [0.2, 0.25) is 0 Å². The van der Waals surface area contributed by atoms with Crippen molar-refractivity contribution < 1.29 is 18.6 Å². The lowest BCUT2D eigenvalue weighted by molar-refractivity contribution is 0.394. The molecule has 4 aromatic rings. The van der Waals surface area contributed by atoms with Gasteiger partial charge in [0.25, 0.3) is 0 Å². The van der Waals surface area contributed by atoms with Crippen molar-refractivity contribution in [2.24, 2.45) is 0 Å². The highest BCUT2D eigenvalue weighted by atomic mass is 16.5. The molecule has 0 radical (unpaired) electrons. The number of benzene rings is 3. The summed E-state index contributed by atoms with van der Waals surface area (Å²) in [4.78, 5) is 0. The van der Waals surface area contributed by atoms with E-state index in [0.29, 0.717) is 0 Å². The molecule has 0 unspecified atom stereocenters. The lowest BCUT2D eigenvalue weighted by Gasteiger charge is -2.10. The molecule has 0 atom stereocenters. The van der Waals surface area contributed by atoms with Gasteiger partial charge in [0, 0.05) is 22.6 Å². The predicted octanol–water partition coefficient (Wildman–Crippen LogP) is 5.79. The minimum absolute atomic E-state index is 0.732. The average molecular weight is 360 g/mol. The monoisotopic (exact) mass is 360 g/mol. The maximum atomic E-state index is 6.24. The molecule has 27 heavy (non-hydrogen) atoms. The van der Waals surface area contributed by atoms with Crippen LogP contribution in [0, 0.1) is 0 Å². The molecule has 0 fully saturated rings. The van der Waals surface area contributed by atoms with Crippen LogP contribution < -0.4 is 14.2 Å². The SMILES string of the molecule is COc1ccc(-c2oc3ccccc3c2-c2cc(OC)cc(OC)c2)cc1. The van der Waals surface area contributed by atoms with Crippen LogP contribution in [0.1, 0.15) is 0 Å². The Balaban J connectivity index is 1.98. The fraction of sp³-hybridized carbons (Fsp3) is 0.130. The summed E-state index contributed by atoms with van der Waals surface area (Å²) in [6.07, 6.45) is 0. The lowest BCUT2D eigenvalue weighted by Crippen LogP contribution is -1.89. The van der Waals surface area contributed by atoms with Crippen molar-refractivity contribution in [2.75, 3.05) is 21.3 Å². The molecule has 4 heteroatoms. The van der Waals surface area contributed by atoms with Crippen LogP contribution in [0.25, 0.3) is 33.4 Å². The van der Waals surface area contributed by atoms with Crippen molar-refractivity contribution in [1.29, 1.82) is 0 Å². The topological polar surface area (TPSA) is 40.8 Å². The lowest BCUT2D eigenvalue weighted by atomic mass is 9.98. The van der Waals surface area contributed by atoms with Crippen molar-refractivity contribution in [3.8, 4) is 39.7 Å². The van der Waals surface area contributed by atoms with E-state index in [1.165, 1.54) is 0 Å². The summed E-state index contributed by atoms with van der Waals surface area (Å²) in [5, 5.41) is 1.04. The molecule has 0 bridgehead atoms. The summed E-state index contributed by atoms with van der Waals surface area (Å²) < 4.78 is 22.4. The van der Waals surface area contributed by atoms with Crippen LogP contribution in [-0.2, 0) is 0 Å². The third-order valence-corrected chi connectivity index (χ3v) is 4.59. The van der Waals surface area contributed by atoms with E-state index in [1.54, 1.807) is 21.3 Å². The van der Waals surface area contributed by atoms with Gasteiger partial charge in [-0.1, -0.05) is 18.2 Å². The molecule has 0 amide bonds. The van der Waals surface area contributed by atoms with Crippen molar-refractivity contribution in [3.63, 3.8) is 0 Å². The van der Waals surface area contributed by atoms with E-state index in [1.807, 2.05) is 60.7 Å². The second kappa shape index (κ2) is 7.08. The zero-order valence-electron chi connectivity index (χ0n) is 15.5. The smallest absolute Gasteiger partial charge is 0.143 e. The van der Waals surface area contributed by atoms with Crippen molar-refractivity contribution in [3.05, 3.63) is 66.7 Å². The van der Waals surface area contributed by atoms with E-state index < -0.39 is 0 Å². The Morgan fingerprint density at radius 3 is 1.89 bits per heavy atom. The van der Waals surface area contributed by atoms with Crippen LogP contribution in [0.15, 0.2) is 71.1 Å². The Morgan fingerprint density at radius 2 is 1.26 bits per heavy atom.